The maximum Gasteiger partial charge on any atom is 0.337 e. The normalized spacial score (nSPS) is 11.1. The second-order valence-corrected chi connectivity index (χ2v) is 7.42. The molecular weight excluding hydrogens is 429 g/mol. The number of carboxylic acids is 1. The van der Waals surface area contributed by atoms with E-state index in [9.17, 15) is 13.2 Å². The minimum Gasteiger partial charge on any atom is -0.478 e. The highest BCUT2D eigenvalue weighted by molar-refractivity contribution is 14.1. The quantitative estimate of drug-likeness (QED) is 0.718. The van der Waals surface area contributed by atoms with E-state index in [1.807, 2.05) is 0 Å². The highest BCUT2D eigenvalue weighted by Gasteiger charge is 2.18. The summed E-state index contributed by atoms with van der Waals surface area (Å²) in [7, 11) is -3.88. The average Bonchev–Trinajstić information content (AvgIpc) is 2.38. The van der Waals surface area contributed by atoms with E-state index in [4.69, 9.17) is 16.7 Å². The molecule has 5 nitrogen and oxygen atoms in total. The minimum atomic E-state index is -3.88. The number of hydrogen-bond acceptors (Lipinski definition) is 3. The molecule has 0 aliphatic carbocycles. The van der Waals surface area contributed by atoms with E-state index in [2.05, 4.69) is 27.3 Å². The predicted octanol–water partition coefficient (Wildman–Crippen LogP) is 3.44. The van der Waals surface area contributed by atoms with Crippen molar-refractivity contribution in [3.8, 4) is 0 Å². The van der Waals surface area contributed by atoms with Crippen LogP contribution in [0.25, 0.3) is 0 Å². The Bertz CT molecular complexity index is 790. The lowest BCUT2D eigenvalue weighted by atomic mass is 10.2. The molecule has 0 radical (unpaired) electrons. The van der Waals surface area contributed by atoms with Gasteiger partial charge in [-0.25, -0.2) is 13.2 Å². The smallest absolute Gasteiger partial charge is 0.337 e. The highest BCUT2D eigenvalue weighted by Crippen LogP contribution is 2.24. The molecule has 8 heteroatoms. The van der Waals surface area contributed by atoms with Crippen LogP contribution in [0.2, 0.25) is 5.02 Å². The third-order valence-electron chi connectivity index (χ3n) is 2.58. The molecule has 0 aromatic heterocycles. The van der Waals surface area contributed by atoms with Gasteiger partial charge < -0.3 is 5.11 Å². The Hall–Kier alpha value is -1.32. The molecule has 0 heterocycles. The third kappa shape index (κ3) is 3.86. The summed E-state index contributed by atoms with van der Waals surface area (Å²) in [6, 6.07) is 10.1. The second kappa shape index (κ2) is 6.20. The lowest BCUT2D eigenvalue weighted by Gasteiger charge is -2.11. The van der Waals surface area contributed by atoms with Crippen LogP contribution in [0.15, 0.2) is 47.4 Å². The van der Waals surface area contributed by atoms with Crippen LogP contribution in [-0.4, -0.2) is 19.5 Å². The van der Waals surface area contributed by atoms with Crippen molar-refractivity contribution in [1.82, 2.24) is 0 Å². The van der Waals surface area contributed by atoms with Crippen molar-refractivity contribution in [2.24, 2.45) is 0 Å². The molecule has 0 saturated carbocycles. The van der Waals surface area contributed by atoms with Crippen molar-refractivity contribution in [2.45, 2.75) is 4.90 Å². The van der Waals surface area contributed by atoms with Crippen LogP contribution >= 0.6 is 34.2 Å². The summed E-state index contributed by atoms with van der Waals surface area (Å²) >= 11 is 7.84. The van der Waals surface area contributed by atoms with E-state index in [1.54, 1.807) is 12.1 Å². The van der Waals surface area contributed by atoms with Gasteiger partial charge in [-0.1, -0.05) is 11.6 Å². The summed E-state index contributed by atoms with van der Waals surface area (Å²) in [6.07, 6.45) is 0. The topological polar surface area (TPSA) is 83.5 Å². The Morgan fingerprint density at radius 1 is 1.14 bits per heavy atom. The number of nitrogens with one attached hydrogen (secondary N) is 1. The van der Waals surface area contributed by atoms with Crippen molar-refractivity contribution < 1.29 is 18.3 Å². The fraction of sp³-hybridized carbons (Fsp3) is 0. The van der Waals surface area contributed by atoms with Crippen LogP contribution in [0.3, 0.4) is 0 Å². The Labute approximate surface area is 140 Å². The van der Waals surface area contributed by atoms with Crippen molar-refractivity contribution in [3.63, 3.8) is 0 Å². The number of anilines is 1. The van der Waals surface area contributed by atoms with Crippen molar-refractivity contribution in [3.05, 3.63) is 56.6 Å². The third-order valence-corrected chi connectivity index (χ3v) is 4.92. The van der Waals surface area contributed by atoms with Gasteiger partial charge in [0, 0.05) is 8.59 Å². The first-order chi connectivity index (χ1) is 9.79. The average molecular weight is 438 g/mol. The zero-order chi connectivity index (χ0) is 15.6. The Morgan fingerprint density at radius 2 is 1.76 bits per heavy atom. The molecular formula is C13H9ClINO4S. The van der Waals surface area contributed by atoms with Crippen LogP contribution in [0.5, 0.6) is 0 Å². The lowest BCUT2D eigenvalue weighted by Crippen LogP contribution is -2.15. The van der Waals surface area contributed by atoms with Gasteiger partial charge in [-0.15, -0.1) is 0 Å². The summed E-state index contributed by atoms with van der Waals surface area (Å²) in [6.45, 7) is 0. The van der Waals surface area contributed by atoms with E-state index >= 15 is 0 Å². The van der Waals surface area contributed by atoms with E-state index in [0.717, 1.165) is 3.57 Å². The SMILES string of the molecule is O=C(O)c1ccc(Cl)cc1NS(=O)(=O)c1ccc(I)cc1. The molecule has 2 N–H and O–H groups in total. The number of halogens is 2. The Morgan fingerprint density at radius 3 is 2.33 bits per heavy atom. The number of aromatic carboxylic acids is 1. The van der Waals surface area contributed by atoms with Gasteiger partial charge in [-0.2, -0.15) is 0 Å². The number of sulfonamides is 1. The summed E-state index contributed by atoms with van der Waals surface area (Å²) in [5, 5.41) is 9.32. The van der Waals surface area contributed by atoms with Gasteiger partial charge in [0.15, 0.2) is 0 Å². The molecule has 21 heavy (non-hydrogen) atoms. The van der Waals surface area contributed by atoms with Crippen molar-refractivity contribution in [1.29, 1.82) is 0 Å². The van der Waals surface area contributed by atoms with Gasteiger partial charge in [-0.05, 0) is 65.1 Å². The van der Waals surface area contributed by atoms with E-state index in [1.165, 1.54) is 30.3 Å². The van der Waals surface area contributed by atoms with Gasteiger partial charge >= 0.3 is 5.97 Å². The molecule has 0 unspecified atom stereocenters. The molecule has 2 rings (SSSR count). The standard InChI is InChI=1S/C13H9ClINO4S/c14-8-1-6-11(13(17)18)12(7-8)16-21(19,20)10-4-2-9(15)3-5-10/h1-7,16H,(H,17,18). The number of carboxylic acid groups (broad SMARTS) is 1. The Kier molecular flexibility index (Phi) is 4.74. The molecule has 2 aromatic rings. The lowest BCUT2D eigenvalue weighted by molar-refractivity contribution is 0.0698. The largest absolute Gasteiger partial charge is 0.478 e. The molecule has 110 valence electrons. The monoisotopic (exact) mass is 437 g/mol. The molecule has 0 aliphatic heterocycles. The van der Waals surface area contributed by atoms with E-state index in [0.29, 0.717) is 0 Å². The zero-order valence-electron chi connectivity index (χ0n) is 10.4. The molecule has 2 aromatic carbocycles. The number of hydrogen-bond donors (Lipinski definition) is 2. The van der Waals surface area contributed by atoms with Gasteiger partial charge in [0.05, 0.1) is 16.1 Å². The van der Waals surface area contributed by atoms with E-state index < -0.39 is 16.0 Å². The molecule has 0 bridgehead atoms. The maximum atomic E-state index is 12.2. The fourth-order valence-electron chi connectivity index (χ4n) is 1.60. The van der Waals surface area contributed by atoms with Crippen LogP contribution < -0.4 is 4.72 Å². The second-order valence-electron chi connectivity index (χ2n) is 4.05. The highest BCUT2D eigenvalue weighted by atomic mass is 127. The fourth-order valence-corrected chi connectivity index (χ4v) is 3.21. The molecule has 0 amide bonds. The number of benzene rings is 2. The number of carbonyl (C=O) groups is 1. The van der Waals surface area contributed by atoms with Gasteiger partial charge in [0.1, 0.15) is 0 Å². The first-order valence-electron chi connectivity index (χ1n) is 5.61. The molecule has 0 fully saturated rings. The molecule has 0 spiro atoms. The molecule has 0 atom stereocenters. The van der Waals surface area contributed by atoms with Crippen LogP contribution in [0, 0.1) is 3.57 Å². The van der Waals surface area contributed by atoms with Crippen LogP contribution in [0.4, 0.5) is 5.69 Å². The number of rotatable bonds is 4. The maximum absolute atomic E-state index is 12.2. The van der Waals surface area contributed by atoms with Gasteiger partial charge in [0.2, 0.25) is 0 Å². The molecule has 0 saturated heterocycles. The molecule has 0 aliphatic rings. The van der Waals surface area contributed by atoms with Gasteiger partial charge in [0.25, 0.3) is 10.0 Å². The predicted molar refractivity (Wildman–Crippen MR) is 88.4 cm³/mol. The summed E-state index contributed by atoms with van der Waals surface area (Å²) in [5.41, 5.74) is -0.248. The first-order valence-corrected chi connectivity index (χ1v) is 8.55. The first kappa shape index (κ1) is 16.1. The van der Waals surface area contributed by atoms with E-state index in [-0.39, 0.29) is 21.2 Å². The van der Waals surface area contributed by atoms with Crippen molar-refractivity contribution >= 4 is 55.9 Å². The summed E-state index contributed by atoms with van der Waals surface area (Å²) in [4.78, 5) is 11.2. The van der Waals surface area contributed by atoms with Crippen LogP contribution in [-0.2, 0) is 10.0 Å². The zero-order valence-corrected chi connectivity index (χ0v) is 14.1. The minimum absolute atomic E-state index is 0.0410. The summed E-state index contributed by atoms with van der Waals surface area (Å²) in [5.74, 6) is -1.24. The Balaban J connectivity index is 2.43. The van der Waals surface area contributed by atoms with Crippen LogP contribution in [0.1, 0.15) is 10.4 Å². The van der Waals surface area contributed by atoms with Gasteiger partial charge in [-0.3, -0.25) is 4.72 Å². The van der Waals surface area contributed by atoms with Crippen molar-refractivity contribution in [2.75, 3.05) is 4.72 Å². The summed E-state index contributed by atoms with van der Waals surface area (Å²) < 4.78 is 27.6.